The summed E-state index contributed by atoms with van der Waals surface area (Å²) >= 11 is 12.8. The van der Waals surface area contributed by atoms with Gasteiger partial charge in [0.05, 0.1) is 0 Å². The fourth-order valence-corrected chi connectivity index (χ4v) is 1.95. The van der Waals surface area contributed by atoms with Crippen molar-refractivity contribution in [2.24, 2.45) is 0 Å². The number of hydrogen-bond acceptors (Lipinski definition) is 3. The normalized spacial score (nSPS) is 10.3. The molecule has 2 rings (SSSR count). The Morgan fingerprint density at radius 1 is 1.20 bits per heavy atom. The molecule has 0 aliphatic heterocycles. The van der Waals surface area contributed by atoms with Crippen molar-refractivity contribution < 1.29 is 4.74 Å². The molecule has 5 heteroatoms. The van der Waals surface area contributed by atoms with Gasteiger partial charge in [-0.05, 0) is 17.7 Å². The Morgan fingerprint density at radius 2 is 1.93 bits per heavy atom. The fraction of sp³-hybridized carbons (Fsp3) is 0.100. The van der Waals surface area contributed by atoms with Gasteiger partial charge in [0.1, 0.15) is 11.8 Å². The van der Waals surface area contributed by atoms with Crippen LogP contribution in [0.1, 0.15) is 5.56 Å². The lowest BCUT2D eigenvalue weighted by Gasteiger charge is -2.01. The van der Waals surface area contributed by atoms with E-state index in [0.717, 1.165) is 10.6 Å². The molecule has 0 aliphatic rings. The SMILES string of the molecule is Clc1ccc(COc2nc(Cl)cs2)cc1. The highest BCUT2D eigenvalue weighted by Crippen LogP contribution is 2.22. The minimum atomic E-state index is 0.464. The van der Waals surface area contributed by atoms with Crippen molar-refractivity contribution >= 4 is 34.5 Å². The predicted octanol–water partition coefficient (Wildman–Crippen LogP) is 4.03. The predicted molar refractivity (Wildman–Crippen MR) is 62.9 cm³/mol. The van der Waals surface area contributed by atoms with Gasteiger partial charge in [-0.15, -0.1) is 0 Å². The Balaban J connectivity index is 1.96. The highest BCUT2D eigenvalue weighted by molar-refractivity contribution is 7.11. The molecule has 15 heavy (non-hydrogen) atoms. The van der Waals surface area contributed by atoms with E-state index in [4.69, 9.17) is 27.9 Å². The van der Waals surface area contributed by atoms with Crippen LogP contribution in [-0.4, -0.2) is 4.98 Å². The first-order chi connectivity index (χ1) is 7.24. The quantitative estimate of drug-likeness (QED) is 0.831. The van der Waals surface area contributed by atoms with Crippen molar-refractivity contribution in [1.29, 1.82) is 0 Å². The van der Waals surface area contributed by atoms with Crippen molar-refractivity contribution in [1.82, 2.24) is 4.98 Å². The number of hydrogen-bond donors (Lipinski definition) is 0. The highest BCUT2D eigenvalue weighted by Gasteiger charge is 2.00. The molecule has 0 amide bonds. The number of thiazole rings is 1. The van der Waals surface area contributed by atoms with E-state index in [0.29, 0.717) is 17.0 Å². The van der Waals surface area contributed by atoms with Gasteiger partial charge < -0.3 is 4.74 Å². The van der Waals surface area contributed by atoms with Gasteiger partial charge >= 0.3 is 0 Å². The number of nitrogens with zero attached hydrogens (tertiary/aromatic N) is 1. The molecule has 0 aliphatic carbocycles. The number of rotatable bonds is 3. The van der Waals surface area contributed by atoms with Gasteiger partial charge in [-0.2, -0.15) is 4.98 Å². The Kier molecular flexibility index (Phi) is 3.46. The third kappa shape index (κ3) is 3.09. The van der Waals surface area contributed by atoms with Crippen molar-refractivity contribution in [2.75, 3.05) is 0 Å². The molecule has 1 aromatic carbocycles. The van der Waals surface area contributed by atoms with Crippen LogP contribution in [0, 0.1) is 0 Å². The van der Waals surface area contributed by atoms with Gasteiger partial charge in [-0.3, -0.25) is 0 Å². The van der Waals surface area contributed by atoms with Gasteiger partial charge in [0, 0.05) is 10.4 Å². The maximum Gasteiger partial charge on any atom is 0.274 e. The number of benzene rings is 1. The Morgan fingerprint density at radius 3 is 2.53 bits per heavy atom. The zero-order valence-corrected chi connectivity index (χ0v) is 9.94. The summed E-state index contributed by atoms with van der Waals surface area (Å²) in [6, 6.07) is 7.49. The topological polar surface area (TPSA) is 22.1 Å². The molecule has 0 fully saturated rings. The molecule has 0 bridgehead atoms. The third-order valence-corrected chi connectivity index (χ3v) is 3.06. The largest absolute Gasteiger partial charge is 0.465 e. The van der Waals surface area contributed by atoms with Crippen LogP contribution in [0.15, 0.2) is 29.6 Å². The van der Waals surface area contributed by atoms with E-state index in [-0.39, 0.29) is 0 Å². The first-order valence-corrected chi connectivity index (χ1v) is 5.86. The van der Waals surface area contributed by atoms with Crippen LogP contribution in [0.2, 0.25) is 10.2 Å². The number of ether oxygens (including phenoxy) is 1. The van der Waals surface area contributed by atoms with Gasteiger partial charge in [0.15, 0.2) is 0 Å². The van der Waals surface area contributed by atoms with Crippen LogP contribution < -0.4 is 4.74 Å². The molecule has 0 radical (unpaired) electrons. The lowest BCUT2D eigenvalue weighted by Crippen LogP contribution is -1.94. The monoisotopic (exact) mass is 259 g/mol. The summed E-state index contributed by atoms with van der Waals surface area (Å²) < 4.78 is 5.43. The van der Waals surface area contributed by atoms with Crippen molar-refractivity contribution in [3.8, 4) is 5.19 Å². The van der Waals surface area contributed by atoms with E-state index < -0.39 is 0 Å². The molecule has 0 atom stereocenters. The number of halogens is 2. The molecule has 2 nitrogen and oxygen atoms in total. The standard InChI is InChI=1S/C10H7Cl2NOS/c11-8-3-1-7(2-4-8)5-14-10-13-9(12)6-15-10/h1-4,6H,5H2. The molecule has 0 saturated heterocycles. The van der Waals surface area contributed by atoms with Gasteiger partial charge in [-0.25, -0.2) is 0 Å². The lowest BCUT2D eigenvalue weighted by atomic mass is 10.2. The zero-order valence-electron chi connectivity index (χ0n) is 7.61. The maximum absolute atomic E-state index is 5.76. The van der Waals surface area contributed by atoms with E-state index in [1.807, 2.05) is 24.3 Å². The van der Waals surface area contributed by atoms with Crippen LogP contribution in [0.4, 0.5) is 0 Å². The average molecular weight is 260 g/mol. The minimum Gasteiger partial charge on any atom is -0.465 e. The highest BCUT2D eigenvalue weighted by atomic mass is 35.5. The molecule has 0 saturated carbocycles. The van der Waals surface area contributed by atoms with E-state index in [1.54, 1.807) is 5.38 Å². The molecule has 1 heterocycles. The molecule has 2 aromatic rings. The minimum absolute atomic E-state index is 0.464. The van der Waals surface area contributed by atoms with E-state index in [2.05, 4.69) is 4.98 Å². The van der Waals surface area contributed by atoms with Crippen molar-refractivity contribution in [3.63, 3.8) is 0 Å². The van der Waals surface area contributed by atoms with Crippen LogP contribution in [0.25, 0.3) is 0 Å². The fourth-order valence-electron chi connectivity index (χ4n) is 1.03. The summed E-state index contributed by atoms with van der Waals surface area (Å²) in [6.45, 7) is 0.473. The second-order valence-electron chi connectivity index (χ2n) is 2.85. The van der Waals surface area contributed by atoms with Gasteiger partial charge in [0.2, 0.25) is 0 Å². The van der Waals surface area contributed by atoms with E-state index in [1.165, 1.54) is 11.3 Å². The maximum atomic E-state index is 5.76. The van der Waals surface area contributed by atoms with Crippen molar-refractivity contribution in [3.05, 3.63) is 45.4 Å². The molecule has 0 spiro atoms. The summed E-state index contributed by atoms with van der Waals surface area (Å²) in [5, 5.41) is 3.50. The molecule has 78 valence electrons. The molecule has 0 unspecified atom stereocenters. The summed E-state index contributed by atoms with van der Waals surface area (Å²) in [5.74, 6) is 0. The second kappa shape index (κ2) is 4.84. The molecular formula is C10H7Cl2NOS. The second-order valence-corrected chi connectivity index (χ2v) is 4.50. The van der Waals surface area contributed by atoms with E-state index >= 15 is 0 Å². The third-order valence-electron chi connectivity index (χ3n) is 1.73. The summed E-state index contributed by atoms with van der Waals surface area (Å²) in [6.07, 6.45) is 0. The Labute approximate surface area is 101 Å². The van der Waals surface area contributed by atoms with Gasteiger partial charge in [-0.1, -0.05) is 46.7 Å². The first-order valence-electron chi connectivity index (χ1n) is 4.22. The average Bonchev–Trinajstić information content (AvgIpc) is 2.64. The smallest absolute Gasteiger partial charge is 0.274 e. The Hall–Kier alpha value is -0.770. The van der Waals surface area contributed by atoms with Crippen LogP contribution in [0.3, 0.4) is 0 Å². The van der Waals surface area contributed by atoms with Crippen molar-refractivity contribution in [2.45, 2.75) is 6.61 Å². The van der Waals surface area contributed by atoms with Crippen LogP contribution >= 0.6 is 34.5 Å². The van der Waals surface area contributed by atoms with Crippen LogP contribution in [0.5, 0.6) is 5.19 Å². The number of aromatic nitrogens is 1. The molecular weight excluding hydrogens is 253 g/mol. The van der Waals surface area contributed by atoms with Crippen LogP contribution in [-0.2, 0) is 6.61 Å². The van der Waals surface area contributed by atoms with E-state index in [9.17, 15) is 0 Å². The summed E-state index contributed by atoms with van der Waals surface area (Å²) in [5.41, 5.74) is 1.05. The summed E-state index contributed by atoms with van der Waals surface area (Å²) in [7, 11) is 0. The lowest BCUT2D eigenvalue weighted by molar-refractivity contribution is 0.304. The first kappa shape index (κ1) is 10.7. The van der Waals surface area contributed by atoms with Gasteiger partial charge in [0.25, 0.3) is 5.19 Å². The molecule has 0 N–H and O–H groups in total. The Bertz CT molecular complexity index is 441. The summed E-state index contributed by atoms with van der Waals surface area (Å²) in [4.78, 5) is 3.98. The zero-order chi connectivity index (χ0) is 10.7. The molecule has 1 aromatic heterocycles.